The molecule has 0 aliphatic rings. The van der Waals surface area contributed by atoms with E-state index >= 15 is 0 Å². The number of nitrogen functional groups attached to an aromatic ring is 1. The molecule has 2 rings (SSSR count). The minimum absolute atomic E-state index is 0.0213. The number of hydrogen-bond acceptors (Lipinski definition) is 2. The number of benzene rings is 2. The molecular weight excluding hydrogens is 292 g/mol. The molecule has 0 amide bonds. The van der Waals surface area contributed by atoms with Crippen molar-refractivity contribution in [2.75, 3.05) is 5.73 Å². The number of hydrogen-bond donors (Lipinski definition) is 1. The van der Waals surface area contributed by atoms with E-state index in [9.17, 15) is 13.0 Å². The Bertz CT molecular complexity index is 645. The van der Waals surface area contributed by atoms with E-state index in [4.69, 9.17) is 5.73 Å². The van der Waals surface area contributed by atoms with E-state index in [0.717, 1.165) is 23.3 Å². The molecule has 1 atom stereocenters. The molecule has 0 saturated heterocycles. The average molecular weight is 309 g/mol. The molecule has 2 N–H and O–H groups in total. The smallest absolute Gasteiger partial charge is 0.144 e. The van der Waals surface area contributed by atoms with Crippen LogP contribution in [0.5, 0.6) is 0 Å². The number of anilines is 1. The summed E-state index contributed by atoms with van der Waals surface area (Å²) in [6.07, 6.45) is 0. The summed E-state index contributed by atoms with van der Waals surface area (Å²) in [5.41, 5.74) is 7.26. The molecule has 112 valence electrons. The summed E-state index contributed by atoms with van der Waals surface area (Å²) in [5.74, 6) is -1.28. The minimum atomic E-state index is -1.79. The van der Waals surface area contributed by atoms with Gasteiger partial charge in [-0.05, 0) is 29.2 Å². The maximum absolute atomic E-state index is 13.7. The van der Waals surface area contributed by atoms with Gasteiger partial charge in [0.05, 0.1) is 16.6 Å². The van der Waals surface area contributed by atoms with Gasteiger partial charge in [0.15, 0.2) is 0 Å². The number of halogens is 2. The minimum Gasteiger partial charge on any atom is -0.399 e. The van der Waals surface area contributed by atoms with Crippen molar-refractivity contribution in [3.63, 3.8) is 0 Å². The van der Waals surface area contributed by atoms with Crippen LogP contribution in [0.3, 0.4) is 0 Å². The number of rotatable bonds is 4. The fourth-order valence-electron chi connectivity index (χ4n) is 2.02. The van der Waals surface area contributed by atoms with Gasteiger partial charge < -0.3 is 5.73 Å². The predicted molar refractivity (Wildman–Crippen MR) is 81.4 cm³/mol. The van der Waals surface area contributed by atoms with Crippen molar-refractivity contribution in [2.45, 2.75) is 30.4 Å². The highest BCUT2D eigenvalue weighted by molar-refractivity contribution is 7.84. The summed E-state index contributed by atoms with van der Waals surface area (Å²) >= 11 is 0. The highest BCUT2D eigenvalue weighted by Crippen LogP contribution is 2.23. The summed E-state index contributed by atoms with van der Waals surface area (Å²) in [7, 11) is -1.79. The average Bonchev–Trinajstić information content (AvgIpc) is 2.37. The Morgan fingerprint density at radius 3 is 2.10 bits per heavy atom. The molecule has 21 heavy (non-hydrogen) atoms. The van der Waals surface area contributed by atoms with E-state index in [2.05, 4.69) is 13.8 Å². The van der Waals surface area contributed by atoms with E-state index in [1.807, 2.05) is 24.3 Å². The lowest BCUT2D eigenvalue weighted by Gasteiger charge is -2.08. The standard InChI is InChI=1S/C16H17F2NOS/c1-10(2)12-5-3-11(4-6-12)9-21(20)16-14(17)7-13(19)8-15(16)18/h3-8,10H,9,19H2,1-2H3. The van der Waals surface area contributed by atoms with Crippen molar-refractivity contribution in [3.8, 4) is 0 Å². The van der Waals surface area contributed by atoms with Gasteiger partial charge in [0.1, 0.15) is 16.5 Å². The quantitative estimate of drug-likeness (QED) is 0.868. The van der Waals surface area contributed by atoms with Crippen molar-refractivity contribution in [2.24, 2.45) is 0 Å². The van der Waals surface area contributed by atoms with Gasteiger partial charge in [-0.3, -0.25) is 4.21 Å². The Labute approximate surface area is 125 Å². The molecule has 5 heteroatoms. The van der Waals surface area contributed by atoms with Crippen LogP contribution in [0.1, 0.15) is 30.9 Å². The molecule has 1 unspecified atom stereocenters. The zero-order chi connectivity index (χ0) is 15.6. The summed E-state index contributed by atoms with van der Waals surface area (Å²) in [6.45, 7) is 4.15. The van der Waals surface area contributed by atoms with Crippen LogP contribution in [0.2, 0.25) is 0 Å². The topological polar surface area (TPSA) is 43.1 Å². The Balaban J connectivity index is 2.22. The second kappa shape index (κ2) is 6.35. The second-order valence-electron chi connectivity index (χ2n) is 5.20. The molecule has 0 aliphatic heterocycles. The molecular formula is C16H17F2NOS. The molecule has 0 fully saturated rings. The van der Waals surface area contributed by atoms with Crippen molar-refractivity contribution in [1.82, 2.24) is 0 Å². The summed E-state index contributed by atoms with van der Waals surface area (Å²) in [4.78, 5) is -0.419. The van der Waals surface area contributed by atoms with Crippen LogP contribution in [0.25, 0.3) is 0 Å². The summed E-state index contributed by atoms with van der Waals surface area (Å²) in [5, 5.41) is 0. The van der Waals surface area contributed by atoms with E-state index in [-0.39, 0.29) is 11.4 Å². The van der Waals surface area contributed by atoms with Crippen LogP contribution in [0.4, 0.5) is 14.5 Å². The molecule has 0 bridgehead atoms. The molecule has 2 aromatic rings. The second-order valence-corrected chi connectivity index (χ2v) is 6.59. The molecule has 2 aromatic carbocycles. The van der Waals surface area contributed by atoms with Crippen LogP contribution >= 0.6 is 0 Å². The third kappa shape index (κ3) is 3.67. The molecule has 0 heterocycles. The van der Waals surface area contributed by atoms with Crippen LogP contribution in [-0.2, 0) is 16.6 Å². The van der Waals surface area contributed by atoms with Crippen molar-refractivity contribution >= 4 is 16.5 Å². The summed E-state index contributed by atoms with van der Waals surface area (Å²) < 4.78 is 39.6. The first-order chi connectivity index (χ1) is 9.88. The van der Waals surface area contributed by atoms with Gasteiger partial charge in [0.2, 0.25) is 0 Å². The monoisotopic (exact) mass is 309 g/mol. The van der Waals surface area contributed by atoms with Gasteiger partial charge in [0.25, 0.3) is 0 Å². The van der Waals surface area contributed by atoms with Gasteiger partial charge in [0, 0.05) is 5.69 Å². The van der Waals surface area contributed by atoms with Gasteiger partial charge in [-0.15, -0.1) is 0 Å². The molecule has 0 aromatic heterocycles. The van der Waals surface area contributed by atoms with Gasteiger partial charge in [-0.25, -0.2) is 8.78 Å². The lowest BCUT2D eigenvalue weighted by atomic mass is 10.0. The maximum atomic E-state index is 13.7. The van der Waals surface area contributed by atoms with Crippen LogP contribution in [0, 0.1) is 11.6 Å². The Morgan fingerprint density at radius 1 is 1.10 bits per heavy atom. The first kappa shape index (κ1) is 15.6. The van der Waals surface area contributed by atoms with Crippen molar-refractivity contribution in [3.05, 3.63) is 59.2 Å². The Hall–Kier alpha value is -1.75. The highest BCUT2D eigenvalue weighted by Gasteiger charge is 2.17. The first-order valence-corrected chi connectivity index (χ1v) is 7.92. The summed E-state index contributed by atoms with van der Waals surface area (Å²) in [6, 6.07) is 9.51. The van der Waals surface area contributed by atoms with Gasteiger partial charge in [-0.2, -0.15) is 0 Å². The zero-order valence-corrected chi connectivity index (χ0v) is 12.7. The fourth-order valence-corrected chi connectivity index (χ4v) is 3.21. The first-order valence-electron chi connectivity index (χ1n) is 6.60. The molecule has 0 radical (unpaired) electrons. The largest absolute Gasteiger partial charge is 0.399 e. The lowest BCUT2D eigenvalue weighted by Crippen LogP contribution is -2.04. The molecule has 0 saturated carbocycles. The van der Waals surface area contributed by atoms with E-state index in [0.29, 0.717) is 5.92 Å². The molecule has 0 spiro atoms. The Kier molecular flexibility index (Phi) is 4.73. The third-order valence-corrected chi connectivity index (χ3v) is 4.63. The van der Waals surface area contributed by atoms with Crippen molar-refractivity contribution < 1.29 is 13.0 Å². The third-order valence-electron chi connectivity index (χ3n) is 3.19. The van der Waals surface area contributed by atoms with Gasteiger partial charge in [-0.1, -0.05) is 38.1 Å². The van der Waals surface area contributed by atoms with Gasteiger partial charge >= 0.3 is 0 Å². The predicted octanol–water partition coefficient (Wildman–Crippen LogP) is 3.98. The SMILES string of the molecule is CC(C)c1ccc(CS(=O)c2c(F)cc(N)cc2F)cc1. The maximum Gasteiger partial charge on any atom is 0.144 e. The van der Waals surface area contributed by atoms with E-state index in [1.165, 1.54) is 0 Å². The fraction of sp³-hybridized carbons (Fsp3) is 0.250. The Morgan fingerprint density at radius 2 is 1.62 bits per heavy atom. The van der Waals surface area contributed by atoms with E-state index in [1.54, 1.807) is 0 Å². The molecule has 0 aliphatic carbocycles. The van der Waals surface area contributed by atoms with E-state index < -0.39 is 27.3 Å². The van der Waals surface area contributed by atoms with Crippen LogP contribution in [-0.4, -0.2) is 4.21 Å². The lowest BCUT2D eigenvalue weighted by molar-refractivity contribution is 0.535. The highest BCUT2D eigenvalue weighted by atomic mass is 32.2. The molecule has 2 nitrogen and oxygen atoms in total. The van der Waals surface area contributed by atoms with Crippen molar-refractivity contribution in [1.29, 1.82) is 0 Å². The normalized spacial score (nSPS) is 12.6. The zero-order valence-electron chi connectivity index (χ0n) is 11.9. The van der Waals surface area contributed by atoms with Crippen LogP contribution < -0.4 is 5.73 Å². The van der Waals surface area contributed by atoms with Crippen LogP contribution in [0.15, 0.2) is 41.3 Å². The number of nitrogens with two attached hydrogens (primary N) is 1.